The maximum absolute atomic E-state index is 12.6. The molecule has 0 atom stereocenters. The molecule has 0 radical (unpaired) electrons. The van der Waals surface area contributed by atoms with Gasteiger partial charge in [0.25, 0.3) is 0 Å². The van der Waals surface area contributed by atoms with E-state index in [-0.39, 0.29) is 10.7 Å². The fourth-order valence-corrected chi connectivity index (χ4v) is 3.41. The van der Waals surface area contributed by atoms with Crippen LogP contribution >= 0.6 is 0 Å². The van der Waals surface area contributed by atoms with E-state index in [4.69, 9.17) is 0 Å². The van der Waals surface area contributed by atoms with Gasteiger partial charge >= 0.3 is 6.18 Å². The molecule has 20 heavy (non-hydrogen) atoms. The molecule has 0 aliphatic rings. The zero-order valence-corrected chi connectivity index (χ0v) is 12.1. The van der Waals surface area contributed by atoms with Gasteiger partial charge in [-0.1, -0.05) is 0 Å². The van der Waals surface area contributed by atoms with Crippen molar-refractivity contribution in [3.63, 3.8) is 0 Å². The summed E-state index contributed by atoms with van der Waals surface area (Å²) < 4.78 is 62.8. The smallest absolute Gasteiger partial charge is 0.372 e. The molecule has 1 heterocycles. The molecule has 1 aromatic heterocycles. The van der Waals surface area contributed by atoms with E-state index < -0.39 is 28.8 Å². The normalized spacial score (nSPS) is 13.0. The van der Waals surface area contributed by atoms with Crippen molar-refractivity contribution < 1.29 is 21.6 Å². The van der Waals surface area contributed by atoms with Gasteiger partial charge in [0.05, 0.1) is 0 Å². The SMILES string of the molecule is CNc1ncccc1S(=O)(=O)N(CC(F)(F)F)C(C)C. The highest BCUT2D eigenvalue weighted by Crippen LogP contribution is 2.27. The van der Waals surface area contributed by atoms with Gasteiger partial charge in [0.1, 0.15) is 17.3 Å². The van der Waals surface area contributed by atoms with Crippen LogP contribution in [0, 0.1) is 0 Å². The van der Waals surface area contributed by atoms with Crippen molar-refractivity contribution in [1.82, 2.24) is 9.29 Å². The van der Waals surface area contributed by atoms with Crippen molar-refractivity contribution in [2.24, 2.45) is 0 Å². The first-order chi connectivity index (χ1) is 9.09. The topological polar surface area (TPSA) is 62.3 Å². The Labute approximate surface area is 115 Å². The predicted octanol–water partition coefficient (Wildman–Crippen LogP) is 2.08. The Morgan fingerprint density at radius 2 is 2.00 bits per heavy atom. The Morgan fingerprint density at radius 3 is 2.45 bits per heavy atom. The minimum absolute atomic E-state index is 0.0142. The van der Waals surface area contributed by atoms with Crippen LogP contribution in [0.4, 0.5) is 19.0 Å². The van der Waals surface area contributed by atoms with Crippen molar-refractivity contribution in [3.8, 4) is 0 Å². The highest BCUT2D eigenvalue weighted by Gasteiger charge is 2.39. The van der Waals surface area contributed by atoms with Crippen molar-refractivity contribution in [1.29, 1.82) is 0 Å². The van der Waals surface area contributed by atoms with Gasteiger partial charge < -0.3 is 5.32 Å². The maximum Gasteiger partial charge on any atom is 0.402 e. The second kappa shape index (κ2) is 5.96. The summed E-state index contributed by atoms with van der Waals surface area (Å²) in [7, 11) is -2.84. The van der Waals surface area contributed by atoms with E-state index in [0.717, 1.165) is 0 Å². The first-order valence-electron chi connectivity index (χ1n) is 5.81. The summed E-state index contributed by atoms with van der Waals surface area (Å²) in [6, 6.07) is 1.76. The molecule has 0 saturated carbocycles. The second-order valence-electron chi connectivity index (χ2n) is 4.36. The molecule has 0 amide bonds. The standard InChI is InChI=1S/C11H16F3N3O2S/c1-8(2)17(7-11(12,13)14)20(18,19)9-5-4-6-16-10(9)15-3/h4-6,8H,7H2,1-3H3,(H,15,16). The first kappa shape index (κ1) is 16.7. The van der Waals surface area contributed by atoms with Gasteiger partial charge in [0.15, 0.2) is 0 Å². The summed E-state index contributed by atoms with van der Waals surface area (Å²) in [6.07, 6.45) is -3.26. The number of nitrogens with one attached hydrogen (secondary N) is 1. The summed E-state index contributed by atoms with van der Waals surface area (Å²) in [4.78, 5) is 3.53. The molecule has 1 N–H and O–H groups in total. The summed E-state index contributed by atoms with van der Waals surface area (Å²) >= 11 is 0. The Kier molecular flexibility index (Phi) is 4.98. The van der Waals surface area contributed by atoms with Gasteiger partial charge in [0.2, 0.25) is 10.0 Å². The summed E-state index contributed by atoms with van der Waals surface area (Å²) in [5.74, 6) is 0.0142. The third-order valence-corrected chi connectivity index (χ3v) is 4.56. The fourth-order valence-electron chi connectivity index (χ4n) is 1.63. The van der Waals surface area contributed by atoms with Crippen molar-refractivity contribution >= 4 is 15.8 Å². The zero-order valence-electron chi connectivity index (χ0n) is 11.3. The molecular formula is C11H16F3N3O2S. The Morgan fingerprint density at radius 1 is 1.40 bits per heavy atom. The molecule has 0 unspecified atom stereocenters. The van der Waals surface area contributed by atoms with Crippen LogP contribution < -0.4 is 5.32 Å². The lowest BCUT2D eigenvalue weighted by molar-refractivity contribution is -0.138. The number of rotatable bonds is 5. The summed E-state index contributed by atoms with van der Waals surface area (Å²) in [5, 5.41) is 2.56. The molecule has 0 fully saturated rings. The summed E-state index contributed by atoms with van der Waals surface area (Å²) in [6.45, 7) is 1.24. The molecule has 0 spiro atoms. The van der Waals surface area contributed by atoms with Gasteiger partial charge in [-0.05, 0) is 26.0 Å². The van der Waals surface area contributed by atoms with E-state index >= 15 is 0 Å². The molecule has 0 aliphatic carbocycles. The lowest BCUT2D eigenvalue weighted by atomic mass is 10.4. The largest absolute Gasteiger partial charge is 0.402 e. The fraction of sp³-hybridized carbons (Fsp3) is 0.545. The number of alkyl halides is 3. The number of pyridine rings is 1. The second-order valence-corrected chi connectivity index (χ2v) is 6.22. The van der Waals surface area contributed by atoms with Crippen molar-refractivity contribution in [2.45, 2.75) is 31.0 Å². The van der Waals surface area contributed by atoms with Crippen LogP contribution in [0.1, 0.15) is 13.8 Å². The van der Waals surface area contributed by atoms with Crippen LogP contribution in [0.5, 0.6) is 0 Å². The van der Waals surface area contributed by atoms with Crippen molar-refractivity contribution in [2.75, 3.05) is 18.9 Å². The van der Waals surface area contributed by atoms with Crippen molar-refractivity contribution in [3.05, 3.63) is 18.3 Å². The number of sulfonamides is 1. The molecule has 0 saturated heterocycles. The Bertz CT molecular complexity index is 558. The van der Waals surface area contributed by atoms with Gasteiger partial charge in [0, 0.05) is 19.3 Å². The van der Waals surface area contributed by atoms with Gasteiger partial charge in [-0.15, -0.1) is 0 Å². The third kappa shape index (κ3) is 3.83. The number of hydrogen-bond donors (Lipinski definition) is 1. The Hall–Kier alpha value is -1.35. The minimum atomic E-state index is -4.61. The number of aromatic nitrogens is 1. The Balaban J connectivity index is 3.30. The van der Waals surface area contributed by atoms with Crippen LogP contribution in [-0.4, -0.2) is 43.5 Å². The number of nitrogens with zero attached hydrogens (tertiary/aromatic N) is 2. The van der Waals surface area contributed by atoms with E-state index in [1.807, 2.05) is 0 Å². The quantitative estimate of drug-likeness (QED) is 0.904. The monoisotopic (exact) mass is 311 g/mol. The number of anilines is 1. The average molecular weight is 311 g/mol. The molecule has 1 aromatic rings. The number of halogens is 3. The molecule has 1 rings (SSSR count). The van der Waals surface area contributed by atoms with E-state index in [9.17, 15) is 21.6 Å². The maximum atomic E-state index is 12.6. The first-order valence-corrected chi connectivity index (χ1v) is 7.25. The molecule has 0 aliphatic heterocycles. The zero-order chi connectivity index (χ0) is 15.6. The minimum Gasteiger partial charge on any atom is -0.372 e. The van der Waals surface area contributed by atoms with Gasteiger partial charge in [-0.2, -0.15) is 17.5 Å². The number of hydrogen-bond acceptors (Lipinski definition) is 4. The van der Waals surface area contributed by atoms with Crippen LogP contribution in [0.3, 0.4) is 0 Å². The molecule has 0 bridgehead atoms. The predicted molar refractivity (Wildman–Crippen MR) is 68.9 cm³/mol. The van der Waals surface area contributed by atoms with Crippen LogP contribution in [-0.2, 0) is 10.0 Å². The summed E-state index contributed by atoms with van der Waals surface area (Å²) in [5.41, 5.74) is 0. The van der Waals surface area contributed by atoms with Crippen LogP contribution in [0.2, 0.25) is 0 Å². The van der Waals surface area contributed by atoms with Crippen LogP contribution in [0.15, 0.2) is 23.2 Å². The van der Waals surface area contributed by atoms with Crippen LogP contribution in [0.25, 0.3) is 0 Å². The van der Waals surface area contributed by atoms with Gasteiger partial charge in [-0.25, -0.2) is 13.4 Å². The van der Waals surface area contributed by atoms with E-state index in [0.29, 0.717) is 4.31 Å². The molecular weight excluding hydrogens is 295 g/mol. The average Bonchev–Trinajstić information content (AvgIpc) is 2.34. The van der Waals surface area contributed by atoms with Gasteiger partial charge in [-0.3, -0.25) is 0 Å². The molecule has 0 aromatic carbocycles. The highest BCUT2D eigenvalue weighted by atomic mass is 32.2. The van der Waals surface area contributed by atoms with E-state index in [1.165, 1.54) is 39.2 Å². The lowest BCUT2D eigenvalue weighted by Crippen LogP contribution is -2.43. The lowest BCUT2D eigenvalue weighted by Gasteiger charge is -2.27. The third-order valence-electron chi connectivity index (χ3n) is 2.51. The molecule has 5 nitrogen and oxygen atoms in total. The molecule has 9 heteroatoms. The van der Waals surface area contributed by atoms with E-state index in [2.05, 4.69) is 10.3 Å². The van der Waals surface area contributed by atoms with E-state index in [1.54, 1.807) is 0 Å². The molecule has 114 valence electrons. The highest BCUT2D eigenvalue weighted by molar-refractivity contribution is 7.89.